The lowest BCUT2D eigenvalue weighted by molar-refractivity contribution is 1.11. The first-order chi connectivity index (χ1) is 4.70. The smallest absolute Gasteiger partial charge is 0.0558 e. The summed E-state index contributed by atoms with van der Waals surface area (Å²) in [5, 5.41) is 0. The number of anilines is 1. The normalized spacial score (nSPS) is 9.50. The van der Waals surface area contributed by atoms with Crippen molar-refractivity contribution in [1.29, 1.82) is 0 Å². The van der Waals surface area contributed by atoms with Crippen LogP contribution in [0.3, 0.4) is 0 Å². The minimum absolute atomic E-state index is 1.15. The first kappa shape index (κ1) is 7.78. The van der Waals surface area contributed by atoms with Gasteiger partial charge in [0.25, 0.3) is 0 Å². The monoisotopic (exact) mass is 248 g/mol. The maximum absolute atomic E-state index is 4.06. The Hall–Kier alpha value is -0.320. The Balaban J connectivity index is 2.96. The first-order valence-corrected chi connectivity index (χ1v) is 4.06. The average molecular weight is 248 g/mol. The van der Waals surface area contributed by atoms with Crippen LogP contribution in [0.5, 0.6) is 0 Å². The van der Waals surface area contributed by atoms with Gasteiger partial charge in [-0.25, -0.2) is 0 Å². The zero-order valence-electron chi connectivity index (χ0n) is 6.00. The highest BCUT2D eigenvalue weighted by molar-refractivity contribution is 14.1. The molecule has 0 aliphatic carbocycles. The highest BCUT2D eigenvalue weighted by atomic mass is 127. The summed E-state index contributed by atoms with van der Waals surface area (Å²) in [5.41, 5.74) is 1.15. The van der Waals surface area contributed by atoms with Crippen molar-refractivity contribution in [1.82, 2.24) is 4.98 Å². The number of pyridine rings is 1. The zero-order chi connectivity index (χ0) is 7.56. The van der Waals surface area contributed by atoms with Gasteiger partial charge in [0.2, 0.25) is 0 Å². The van der Waals surface area contributed by atoms with E-state index in [9.17, 15) is 0 Å². The van der Waals surface area contributed by atoms with Gasteiger partial charge in [0, 0.05) is 23.9 Å². The van der Waals surface area contributed by atoms with Crippen molar-refractivity contribution in [2.45, 2.75) is 0 Å². The predicted molar refractivity (Wildman–Crippen MR) is 51.3 cm³/mol. The fraction of sp³-hybridized carbons (Fsp3) is 0.286. The Bertz CT molecular complexity index is 223. The van der Waals surface area contributed by atoms with Gasteiger partial charge < -0.3 is 4.90 Å². The standard InChI is InChI=1S/C7H9IN2/c1-10(2)7-3-6(8)4-9-5-7/h3-5H,1-2H3. The summed E-state index contributed by atoms with van der Waals surface area (Å²) in [6.07, 6.45) is 3.69. The lowest BCUT2D eigenvalue weighted by Crippen LogP contribution is -2.08. The molecule has 2 nitrogen and oxygen atoms in total. The van der Waals surface area contributed by atoms with Gasteiger partial charge in [-0.05, 0) is 28.7 Å². The molecular weight excluding hydrogens is 239 g/mol. The van der Waals surface area contributed by atoms with Crippen LogP contribution >= 0.6 is 22.6 Å². The maximum atomic E-state index is 4.06. The van der Waals surface area contributed by atoms with Gasteiger partial charge in [-0.1, -0.05) is 0 Å². The number of nitrogens with zero attached hydrogens (tertiary/aromatic N) is 2. The van der Waals surface area contributed by atoms with E-state index in [-0.39, 0.29) is 0 Å². The Morgan fingerprint density at radius 2 is 2.10 bits per heavy atom. The van der Waals surface area contributed by atoms with Crippen molar-refractivity contribution in [2.24, 2.45) is 0 Å². The van der Waals surface area contributed by atoms with E-state index in [0.29, 0.717) is 0 Å². The maximum Gasteiger partial charge on any atom is 0.0558 e. The molecule has 1 aromatic rings. The summed E-state index contributed by atoms with van der Waals surface area (Å²) in [6, 6.07) is 2.09. The first-order valence-electron chi connectivity index (χ1n) is 2.98. The highest BCUT2D eigenvalue weighted by Gasteiger charge is 1.93. The lowest BCUT2D eigenvalue weighted by Gasteiger charge is -2.10. The molecule has 0 fully saturated rings. The van der Waals surface area contributed by atoms with Gasteiger partial charge in [0.1, 0.15) is 0 Å². The Morgan fingerprint density at radius 1 is 1.40 bits per heavy atom. The summed E-state index contributed by atoms with van der Waals surface area (Å²) >= 11 is 2.25. The zero-order valence-corrected chi connectivity index (χ0v) is 8.16. The number of halogens is 1. The average Bonchev–Trinajstić information content (AvgIpc) is 1.88. The largest absolute Gasteiger partial charge is 0.376 e. The number of hydrogen-bond acceptors (Lipinski definition) is 2. The van der Waals surface area contributed by atoms with Crippen LogP contribution in [0, 0.1) is 3.57 Å². The number of rotatable bonds is 1. The molecule has 1 aromatic heterocycles. The summed E-state index contributed by atoms with van der Waals surface area (Å²) in [6.45, 7) is 0. The topological polar surface area (TPSA) is 16.1 Å². The van der Waals surface area contributed by atoms with Crippen molar-refractivity contribution in [2.75, 3.05) is 19.0 Å². The molecule has 0 spiro atoms. The molecule has 0 N–H and O–H groups in total. The van der Waals surface area contributed by atoms with Gasteiger partial charge in [-0.15, -0.1) is 0 Å². The number of aromatic nitrogens is 1. The summed E-state index contributed by atoms with van der Waals surface area (Å²) in [5.74, 6) is 0. The van der Waals surface area contributed by atoms with E-state index in [0.717, 1.165) is 5.69 Å². The molecule has 0 aromatic carbocycles. The Labute approximate surface area is 74.4 Å². The van der Waals surface area contributed by atoms with Crippen molar-refractivity contribution in [3.63, 3.8) is 0 Å². The second-order valence-corrected chi connectivity index (χ2v) is 3.50. The van der Waals surface area contributed by atoms with Crippen molar-refractivity contribution in [3.8, 4) is 0 Å². The Kier molecular flexibility index (Phi) is 2.48. The second-order valence-electron chi connectivity index (χ2n) is 2.26. The molecule has 3 heteroatoms. The molecule has 0 saturated heterocycles. The van der Waals surface area contributed by atoms with Crippen LogP contribution in [0.25, 0.3) is 0 Å². The third-order valence-corrected chi connectivity index (χ3v) is 1.80. The molecule has 0 saturated carbocycles. The van der Waals surface area contributed by atoms with E-state index in [1.165, 1.54) is 3.57 Å². The molecule has 0 unspecified atom stereocenters. The van der Waals surface area contributed by atoms with Crippen molar-refractivity contribution < 1.29 is 0 Å². The molecular formula is C7H9IN2. The van der Waals surface area contributed by atoms with E-state index in [4.69, 9.17) is 0 Å². The predicted octanol–water partition coefficient (Wildman–Crippen LogP) is 1.75. The fourth-order valence-corrected chi connectivity index (χ4v) is 1.13. The fourth-order valence-electron chi connectivity index (χ4n) is 0.645. The lowest BCUT2D eigenvalue weighted by atomic mass is 10.4. The van der Waals surface area contributed by atoms with Gasteiger partial charge in [0.05, 0.1) is 11.9 Å². The van der Waals surface area contributed by atoms with E-state index >= 15 is 0 Å². The Morgan fingerprint density at radius 3 is 2.50 bits per heavy atom. The van der Waals surface area contributed by atoms with Crippen molar-refractivity contribution >= 4 is 28.3 Å². The van der Waals surface area contributed by atoms with Gasteiger partial charge in [-0.3, -0.25) is 4.98 Å². The van der Waals surface area contributed by atoms with Gasteiger partial charge in [-0.2, -0.15) is 0 Å². The van der Waals surface area contributed by atoms with Crippen LogP contribution in [-0.2, 0) is 0 Å². The third kappa shape index (κ3) is 1.83. The van der Waals surface area contributed by atoms with E-state index < -0.39 is 0 Å². The number of hydrogen-bond donors (Lipinski definition) is 0. The van der Waals surface area contributed by atoms with Crippen LogP contribution in [0.4, 0.5) is 5.69 Å². The summed E-state index contributed by atoms with van der Waals surface area (Å²) in [7, 11) is 4.01. The van der Waals surface area contributed by atoms with Crippen molar-refractivity contribution in [3.05, 3.63) is 22.0 Å². The quantitative estimate of drug-likeness (QED) is 0.704. The van der Waals surface area contributed by atoms with E-state index in [1.54, 1.807) is 0 Å². The molecule has 0 amide bonds. The summed E-state index contributed by atoms with van der Waals surface area (Å²) in [4.78, 5) is 6.09. The summed E-state index contributed by atoms with van der Waals surface area (Å²) < 4.78 is 1.17. The van der Waals surface area contributed by atoms with Gasteiger partial charge >= 0.3 is 0 Å². The molecule has 0 aliphatic heterocycles. The molecule has 10 heavy (non-hydrogen) atoms. The molecule has 0 atom stereocenters. The molecule has 54 valence electrons. The van der Waals surface area contributed by atoms with E-state index in [2.05, 4.69) is 33.6 Å². The minimum Gasteiger partial charge on any atom is -0.376 e. The molecule has 1 rings (SSSR count). The van der Waals surface area contributed by atoms with E-state index in [1.807, 2.05) is 31.4 Å². The molecule has 1 heterocycles. The van der Waals surface area contributed by atoms with Gasteiger partial charge in [0.15, 0.2) is 0 Å². The SMILES string of the molecule is CN(C)c1cncc(I)c1. The van der Waals surface area contributed by atoms with Crippen LogP contribution in [0.1, 0.15) is 0 Å². The van der Waals surface area contributed by atoms with Crippen LogP contribution in [0.15, 0.2) is 18.5 Å². The molecule has 0 radical (unpaired) electrons. The highest BCUT2D eigenvalue weighted by Crippen LogP contribution is 2.12. The second kappa shape index (κ2) is 3.18. The third-order valence-electron chi connectivity index (χ3n) is 1.21. The van der Waals surface area contributed by atoms with Crippen LogP contribution in [-0.4, -0.2) is 19.1 Å². The molecule has 0 aliphatic rings. The molecule has 0 bridgehead atoms. The van der Waals surface area contributed by atoms with Crippen LogP contribution < -0.4 is 4.90 Å². The minimum atomic E-state index is 1.15. The van der Waals surface area contributed by atoms with Crippen LogP contribution in [0.2, 0.25) is 0 Å².